The number of methoxy groups -OCH3 is 1. The van der Waals surface area contributed by atoms with E-state index in [1.165, 1.54) is 13.2 Å². The molecule has 3 aromatic rings. The van der Waals surface area contributed by atoms with Crippen molar-refractivity contribution in [2.45, 2.75) is 12.8 Å². The summed E-state index contributed by atoms with van der Waals surface area (Å²) < 4.78 is 36.9. The predicted octanol–water partition coefficient (Wildman–Crippen LogP) is 2.93. The molecule has 1 aliphatic rings. The lowest BCUT2D eigenvalue weighted by atomic mass is 10.1. The van der Waals surface area contributed by atoms with Crippen LogP contribution in [0.25, 0.3) is 11.0 Å². The Hall–Kier alpha value is -3.36. The number of halogens is 2. The maximum absolute atomic E-state index is 12.7. The zero-order valence-corrected chi connectivity index (χ0v) is 13.7. The molecule has 0 spiro atoms. The fraction of sp³-hybridized carbons (Fsp3) is 0.176. The van der Waals surface area contributed by atoms with Crippen LogP contribution in [0.3, 0.4) is 0 Å². The van der Waals surface area contributed by atoms with Gasteiger partial charge in [-0.1, -0.05) is 18.2 Å². The van der Waals surface area contributed by atoms with Crippen LogP contribution in [-0.2, 0) is 0 Å². The molecule has 1 aromatic heterocycles. The Morgan fingerprint density at radius 2 is 2.00 bits per heavy atom. The van der Waals surface area contributed by atoms with E-state index in [0.717, 1.165) is 11.0 Å². The summed E-state index contributed by atoms with van der Waals surface area (Å²) in [5, 5.41) is 2.92. The van der Waals surface area contributed by atoms with Crippen molar-refractivity contribution in [2.75, 3.05) is 12.4 Å². The zero-order valence-electron chi connectivity index (χ0n) is 13.7. The SMILES string of the molecule is COc1ccc(C2N=C(N)Nc3nc4ccccc4n32)cc1OC(F)F. The van der Waals surface area contributed by atoms with Crippen LogP contribution < -0.4 is 20.5 Å². The van der Waals surface area contributed by atoms with Gasteiger partial charge in [0.15, 0.2) is 23.6 Å². The van der Waals surface area contributed by atoms with Gasteiger partial charge < -0.3 is 15.2 Å². The second kappa shape index (κ2) is 6.17. The number of para-hydroxylation sites is 2. The second-order valence-electron chi connectivity index (χ2n) is 5.60. The summed E-state index contributed by atoms with van der Waals surface area (Å²) >= 11 is 0. The Morgan fingerprint density at radius 3 is 2.77 bits per heavy atom. The van der Waals surface area contributed by atoms with E-state index in [0.29, 0.717) is 11.5 Å². The highest BCUT2D eigenvalue weighted by atomic mass is 19.3. The van der Waals surface area contributed by atoms with Gasteiger partial charge in [0.25, 0.3) is 0 Å². The fourth-order valence-corrected chi connectivity index (χ4v) is 2.98. The van der Waals surface area contributed by atoms with E-state index in [1.54, 1.807) is 12.1 Å². The first-order valence-corrected chi connectivity index (χ1v) is 7.77. The standard InChI is InChI=1S/C17H15F2N5O2/c1-25-12-7-6-9(8-13(12)26-15(18)19)14-22-16(20)23-17-21-10-4-2-3-5-11(10)24(14)17/h2-8,14-15H,1H3,(H3,20,21,22,23). The van der Waals surface area contributed by atoms with E-state index in [-0.39, 0.29) is 17.5 Å². The average molecular weight is 359 g/mol. The number of hydrogen-bond acceptors (Lipinski definition) is 6. The van der Waals surface area contributed by atoms with Gasteiger partial charge in [0.05, 0.1) is 18.1 Å². The average Bonchev–Trinajstić information content (AvgIpc) is 2.98. The summed E-state index contributed by atoms with van der Waals surface area (Å²) in [6, 6.07) is 12.3. The molecular weight excluding hydrogens is 344 g/mol. The number of imidazole rings is 1. The van der Waals surface area contributed by atoms with Crippen LogP contribution in [0.2, 0.25) is 0 Å². The predicted molar refractivity (Wildman–Crippen MR) is 92.7 cm³/mol. The molecule has 0 saturated carbocycles. The van der Waals surface area contributed by atoms with E-state index >= 15 is 0 Å². The van der Waals surface area contributed by atoms with Crippen molar-refractivity contribution in [2.24, 2.45) is 10.7 Å². The molecule has 3 N–H and O–H groups in total. The molecule has 9 heteroatoms. The van der Waals surface area contributed by atoms with Gasteiger partial charge in [-0.2, -0.15) is 8.78 Å². The quantitative estimate of drug-likeness (QED) is 0.748. The van der Waals surface area contributed by atoms with Gasteiger partial charge in [0.2, 0.25) is 5.95 Å². The minimum atomic E-state index is -2.97. The first kappa shape index (κ1) is 16.1. The van der Waals surface area contributed by atoms with Crippen LogP contribution in [0.4, 0.5) is 14.7 Å². The van der Waals surface area contributed by atoms with Crippen LogP contribution in [0, 0.1) is 0 Å². The highest BCUT2D eigenvalue weighted by Gasteiger charge is 2.26. The monoisotopic (exact) mass is 359 g/mol. The highest BCUT2D eigenvalue weighted by molar-refractivity contribution is 5.94. The number of rotatable bonds is 4. The molecule has 0 amide bonds. The normalized spacial score (nSPS) is 16.2. The summed E-state index contributed by atoms with van der Waals surface area (Å²) in [5.74, 6) is 0.842. The number of benzene rings is 2. The zero-order chi connectivity index (χ0) is 18.3. The van der Waals surface area contributed by atoms with E-state index in [1.807, 2.05) is 28.8 Å². The Balaban J connectivity index is 1.86. The van der Waals surface area contributed by atoms with Crippen LogP contribution in [0.15, 0.2) is 47.5 Å². The first-order valence-electron chi connectivity index (χ1n) is 7.77. The van der Waals surface area contributed by atoms with Gasteiger partial charge >= 0.3 is 6.61 Å². The summed E-state index contributed by atoms with van der Waals surface area (Å²) in [6.45, 7) is -2.97. The van der Waals surface area contributed by atoms with Crippen LogP contribution in [-0.4, -0.2) is 29.2 Å². The van der Waals surface area contributed by atoms with Crippen molar-refractivity contribution in [3.8, 4) is 11.5 Å². The number of alkyl halides is 2. The molecule has 26 heavy (non-hydrogen) atoms. The minimum absolute atomic E-state index is 0.0710. The molecule has 1 atom stereocenters. The summed E-state index contributed by atoms with van der Waals surface area (Å²) in [7, 11) is 1.38. The smallest absolute Gasteiger partial charge is 0.387 e. The van der Waals surface area contributed by atoms with Crippen molar-refractivity contribution in [3.05, 3.63) is 48.0 Å². The third kappa shape index (κ3) is 2.67. The number of ether oxygens (including phenoxy) is 2. The Bertz CT molecular complexity index is 1000. The molecular formula is C17H15F2N5O2. The van der Waals surface area contributed by atoms with Crippen LogP contribution in [0.5, 0.6) is 11.5 Å². The largest absolute Gasteiger partial charge is 0.493 e. The Kier molecular flexibility index (Phi) is 3.83. The molecule has 134 valence electrons. The number of guanidine groups is 1. The maximum atomic E-state index is 12.7. The van der Waals surface area contributed by atoms with Crippen molar-refractivity contribution in [1.29, 1.82) is 0 Å². The molecule has 1 unspecified atom stereocenters. The molecule has 2 aromatic carbocycles. The van der Waals surface area contributed by atoms with E-state index in [4.69, 9.17) is 10.5 Å². The van der Waals surface area contributed by atoms with Gasteiger partial charge in [-0.05, 0) is 24.3 Å². The number of aromatic nitrogens is 2. The van der Waals surface area contributed by atoms with Gasteiger partial charge in [-0.25, -0.2) is 9.98 Å². The lowest BCUT2D eigenvalue weighted by Gasteiger charge is -2.24. The van der Waals surface area contributed by atoms with Crippen molar-refractivity contribution in [1.82, 2.24) is 9.55 Å². The van der Waals surface area contributed by atoms with Crippen molar-refractivity contribution < 1.29 is 18.3 Å². The molecule has 0 fully saturated rings. The molecule has 0 aliphatic carbocycles. The van der Waals surface area contributed by atoms with Crippen molar-refractivity contribution >= 4 is 22.9 Å². The molecule has 2 heterocycles. The number of hydrogen-bond donors (Lipinski definition) is 2. The molecule has 4 rings (SSSR count). The number of nitrogens with zero attached hydrogens (tertiary/aromatic N) is 3. The molecule has 0 radical (unpaired) electrons. The first-order chi connectivity index (χ1) is 12.6. The number of aliphatic imine (C=N–C) groups is 1. The summed E-state index contributed by atoms with van der Waals surface area (Å²) in [6.07, 6.45) is -0.579. The van der Waals surface area contributed by atoms with Gasteiger partial charge in [-0.15, -0.1) is 0 Å². The fourth-order valence-electron chi connectivity index (χ4n) is 2.98. The van der Waals surface area contributed by atoms with E-state index in [2.05, 4.69) is 20.0 Å². The minimum Gasteiger partial charge on any atom is -0.493 e. The number of nitrogens with one attached hydrogen (secondary N) is 1. The number of fused-ring (bicyclic) bond motifs is 3. The second-order valence-corrected chi connectivity index (χ2v) is 5.60. The molecule has 7 nitrogen and oxygen atoms in total. The third-order valence-corrected chi connectivity index (χ3v) is 4.04. The van der Waals surface area contributed by atoms with Crippen LogP contribution >= 0.6 is 0 Å². The van der Waals surface area contributed by atoms with E-state index in [9.17, 15) is 8.78 Å². The third-order valence-electron chi connectivity index (χ3n) is 4.04. The van der Waals surface area contributed by atoms with Crippen LogP contribution in [0.1, 0.15) is 11.7 Å². The summed E-state index contributed by atoms with van der Waals surface area (Å²) in [5.41, 5.74) is 8.09. The molecule has 1 aliphatic heterocycles. The summed E-state index contributed by atoms with van der Waals surface area (Å²) in [4.78, 5) is 8.91. The lowest BCUT2D eigenvalue weighted by Crippen LogP contribution is -2.31. The maximum Gasteiger partial charge on any atom is 0.387 e. The molecule has 0 saturated heterocycles. The topological polar surface area (TPSA) is 86.7 Å². The van der Waals surface area contributed by atoms with E-state index < -0.39 is 12.8 Å². The van der Waals surface area contributed by atoms with Gasteiger partial charge in [0, 0.05) is 5.56 Å². The van der Waals surface area contributed by atoms with Gasteiger partial charge in [-0.3, -0.25) is 9.88 Å². The number of nitrogens with two attached hydrogens (primary N) is 1. The van der Waals surface area contributed by atoms with Crippen molar-refractivity contribution in [3.63, 3.8) is 0 Å². The molecule has 0 bridgehead atoms. The Labute approximate surface area is 147 Å². The van der Waals surface area contributed by atoms with Gasteiger partial charge in [0.1, 0.15) is 0 Å². The highest BCUT2D eigenvalue weighted by Crippen LogP contribution is 2.37. The number of anilines is 1. The lowest BCUT2D eigenvalue weighted by molar-refractivity contribution is -0.0512. The Morgan fingerprint density at radius 1 is 1.19 bits per heavy atom.